The normalized spacial score (nSPS) is 14.1. The van der Waals surface area contributed by atoms with Gasteiger partial charge in [-0.25, -0.2) is 0 Å². The number of carbonyl (C=O) groups excluding carboxylic acids is 3. The van der Waals surface area contributed by atoms with E-state index in [1.54, 1.807) is 42.5 Å². The summed E-state index contributed by atoms with van der Waals surface area (Å²) in [7, 11) is 0. The van der Waals surface area contributed by atoms with Crippen molar-refractivity contribution in [1.82, 2.24) is 0 Å². The maximum absolute atomic E-state index is 12.5. The monoisotopic (exact) mass is 394 g/mol. The largest absolute Gasteiger partial charge is 0.427 e. The molecule has 0 spiro atoms. The lowest BCUT2D eigenvalue weighted by Crippen LogP contribution is -2.18. The van der Waals surface area contributed by atoms with Gasteiger partial charge in [0.05, 0.1) is 0 Å². The molecule has 2 amide bonds. The molecule has 0 bridgehead atoms. The minimum atomic E-state index is -0.445. The van der Waals surface area contributed by atoms with Gasteiger partial charge in [-0.1, -0.05) is 31.4 Å². The second-order valence-corrected chi connectivity index (χ2v) is 7.41. The molecule has 1 fully saturated rings. The Morgan fingerprint density at radius 3 is 2.34 bits per heavy atom. The van der Waals surface area contributed by atoms with E-state index in [9.17, 15) is 14.4 Å². The van der Waals surface area contributed by atoms with E-state index in [0.29, 0.717) is 35.0 Å². The fourth-order valence-corrected chi connectivity index (χ4v) is 3.61. The highest BCUT2D eigenvalue weighted by Crippen LogP contribution is 2.27. The third-order valence-corrected chi connectivity index (χ3v) is 4.96. The minimum Gasteiger partial charge on any atom is -0.427 e. The summed E-state index contributed by atoms with van der Waals surface area (Å²) in [6, 6.07) is 13.5. The highest BCUT2D eigenvalue weighted by atomic mass is 16.5. The zero-order chi connectivity index (χ0) is 20.6. The summed E-state index contributed by atoms with van der Waals surface area (Å²) in [5.41, 5.74) is 1.59. The number of carbonyl (C=O) groups is 3. The number of benzene rings is 2. The average Bonchev–Trinajstić information content (AvgIpc) is 2.68. The molecule has 29 heavy (non-hydrogen) atoms. The number of anilines is 2. The van der Waals surface area contributed by atoms with Gasteiger partial charge >= 0.3 is 5.97 Å². The van der Waals surface area contributed by atoms with Gasteiger partial charge in [0.25, 0.3) is 5.91 Å². The molecular formula is C23H26N2O4. The topological polar surface area (TPSA) is 84.5 Å². The quantitative estimate of drug-likeness (QED) is 0.546. The van der Waals surface area contributed by atoms with Crippen molar-refractivity contribution < 1.29 is 19.1 Å². The number of ether oxygens (including phenoxy) is 1. The highest BCUT2D eigenvalue weighted by Gasteiger charge is 2.17. The van der Waals surface area contributed by atoms with Crippen LogP contribution in [0.4, 0.5) is 11.4 Å². The van der Waals surface area contributed by atoms with Crippen LogP contribution in [-0.2, 0) is 9.59 Å². The summed E-state index contributed by atoms with van der Waals surface area (Å²) in [5, 5.41) is 5.73. The Morgan fingerprint density at radius 2 is 1.62 bits per heavy atom. The molecule has 3 rings (SSSR count). The first-order valence-electron chi connectivity index (χ1n) is 9.99. The third-order valence-electron chi connectivity index (χ3n) is 4.96. The van der Waals surface area contributed by atoms with Crippen molar-refractivity contribution in [3.05, 3.63) is 54.1 Å². The van der Waals surface area contributed by atoms with Gasteiger partial charge in [-0.2, -0.15) is 0 Å². The lowest BCUT2D eigenvalue weighted by atomic mass is 9.87. The van der Waals surface area contributed by atoms with Crippen molar-refractivity contribution in [2.75, 3.05) is 10.6 Å². The summed E-state index contributed by atoms with van der Waals surface area (Å²) in [6.45, 7) is 1.31. The Morgan fingerprint density at radius 1 is 0.931 bits per heavy atom. The molecule has 1 aliphatic rings. The Bertz CT molecular complexity index is 888. The van der Waals surface area contributed by atoms with Crippen molar-refractivity contribution in [3.63, 3.8) is 0 Å². The van der Waals surface area contributed by atoms with Crippen LogP contribution < -0.4 is 15.4 Å². The first-order valence-corrected chi connectivity index (χ1v) is 9.99. The van der Waals surface area contributed by atoms with Gasteiger partial charge in [-0.15, -0.1) is 0 Å². The molecule has 2 N–H and O–H groups in total. The van der Waals surface area contributed by atoms with Crippen molar-refractivity contribution in [3.8, 4) is 5.75 Å². The molecule has 2 aromatic carbocycles. The van der Waals surface area contributed by atoms with E-state index in [-0.39, 0.29) is 11.8 Å². The second kappa shape index (κ2) is 9.87. The number of hydrogen-bond acceptors (Lipinski definition) is 4. The molecule has 0 atom stereocenters. The van der Waals surface area contributed by atoms with E-state index in [2.05, 4.69) is 10.6 Å². The second-order valence-electron chi connectivity index (χ2n) is 7.41. The lowest BCUT2D eigenvalue weighted by molar-refractivity contribution is -0.131. The first kappa shape index (κ1) is 20.6. The summed E-state index contributed by atoms with van der Waals surface area (Å²) in [5.74, 6) is 0.0170. The van der Waals surface area contributed by atoms with Gasteiger partial charge in [0.15, 0.2) is 0 Å². The summed E-state index contributed by atoms with van der Waals surface area (Å²) in [4.78, 5) is 35.9. The van der Waals surface area contributed by atoms with Crippen LogP contribution >= 0.6 is 0 Å². The lowest BCUT2D eigenvalue weighted by Gasteiger charge is -2.20. The predicted octanol–water partition coefficient (Wildman–Crippen LogP) is 4.77. The maximum atomic E-state index is 12.5. The van der Waals surface area contributed by atoms with Gasteiger partial charge < -0.3 is 15.4 Å². The molecule has 1 saturated carbocycles. The molecule has 0 aromatic heterocycles. The van der Waals surface area contributed by atoms with Crippen LogP contribution in [0.5, 0.6) is 5.75 Å². The number of esters is 1. The van der Waals surface area contributed by atoms with Gasteiger partial charge in [-0.05, 0) is 55.2 Å². The fraction of sp³-hybridized carbons (Fsp3) is 0.348. The van der Waals surface area contributed by atoms with Gasteiger partial charge in [0, 0.05) is 30.3 Å². The van der Waals surface area contributed by atoms with Crippen LogP contribution in [0.2, 0.25) is 0 Å². The van der Waals surface area contributed by atoms with Crippen LogP contribution in [0.15, 0.2) is 48.5 Å². The summed E-state index contributed by atoms with van der Waals surface area (Å²) < 4.78 is 5.01. The Balaban J connectivity index is 1.59. The van der Waals surface area contributed by atoms with Crippen LogP contribution in [0.25, 0.3) is 0 Å². The zero-order valence-electron chi connectivity index (χ0n) is 16.6. The van der Waals surface area contributed by atoms with Gasteiger partial charge in [0.1, 0.15) is 5.75 Å². The number of amides is 2. The smallest absolute Gasteiger partial charge is 0.308 e. The average molecular weight is 394 g/mol. The van der Waals surface area contributed by atoms with Gasteiger partial charge in [-0.3, -0.25) is 14.4 Å². The van der Waals surface area contributed by atoms with E-state index in [1.165, 1.54) is 32.3 Å². The van der Waals surface area contributed by atoms with Crippen molar-refractivity contribution >= 4 is 29.2 Å². The number of hydrogen-bond donors (Lipinski definition) is 2. The van der Waals surface area contributed by atoms with Crippen LogP contribution in [0, 0.1) is 5.92 Å². The Hall–Kier alpha value is -3.15. The third kappa shape index (κ3) is 6.45. The maximum Gasteiger partial charge on any atom is 0.308 e. The number of rotatable bonds is 6. The zero-order valence-corrected chi connectivity index (χ0v) is 16.6. The van der Waals surface area contributed by atoms with Crippen molar-refractivity contribution in [1.29, 1.82) is 0 Å². The number of nitrogens with one attached hydrogen (secondary N) is 2. The van der Waals surface area contributed by atoms with E-state index in [4.69, 9.17) is 4.74 Å². The SMILES string of the molecule is CC(=O)Oc1cccc(C(=O)Nc2cccc(NC(=O)CC3CCCCC3)c2)c1. The van der Waals surface area contributed by atoms with E-state index in [0.717, 1.165) is 12.8 Å². The van der Waals surface area contributed by atoms with Crippen LogP contribution in [0.3, 0.4) is 0 Å². The predicted molar refractivity (Wildman–Crippen MR) is 112 cm³/mol. The van der Waals surface area contributed by atoms with E-state index < -0.39 is 5.97 Å². The van der Waals surface area contributed by atoms with E-state index in [1.807, 2.05) is 0 Å². The molecule has 2 aromatic rings. The molecular weight excluding hydrogens is 368 g/mol. The molecule has 152 valence electrons. The molecule has 6 nitrogen and oxygen atoms in total. The van der Waals surface area contributed by atoms with Crippen molar-refractivity contribution in [2.45, 2.75) is 45.4 Å². The van der Waals surface area contributed by atoms with Crippen LogP contribution in [0.1, 0.15) is 55.8 Å². The molecule has 1 aliphatic carbocycles. The van der Waals surface area contributed by atoms with Crippen LogP contribution in [-0.4, -0.2) is 17.8 Å². The Labute approximate surface area is 170 Å². The highest BCUT2D eigenvalue weighted by molar-refractivity contribution is 6.05. The molecule has 6 heteroatoms. The summed E-state index contributed by atoms with van der Waals surface area (Å²) >= 11 is 0. The molecule has 0 saturated heterocycles. The molecule has 0 heterocycles. The first-order chi connectivity index (χ1) is 14.0. The fourth-order valence-electron chi connectivity index (χ4n) is 3.61. The Kier molecular flexibility index (Phi) is 7.00. The molecule has 0 aliphatic heterocycles. The summed E-state index contributed by atoms with van der Waals surface area (Å²) in [6.07, 6.45) is 6.46. The van der Waals surface area contributed by atoms with E-state index >= 15 is 0 Å². The van der Waals surface area contributed by atoms with Crippen molar-refractivity contribution in [2.24, 2.45) is 5.92 Å². The van der Waals surface area contributed by atoms with Gasteiger partial charge in [0.2, 0.25) is 5.91 Å². The molecule has 0 unspecified atom stereocenters. The standard InChI is InChI=1S/C23H26N2O4/c1-16(26)29-21-12-5-9-18(14-21)23(28)25-20-11-6-10-19(15-20)24-22(27)13-17-7-3-2-4-8-17/h5-6,9-12,14-15,17H,2-4,7-8,13H2,1H3,(H,24,27)(H,25,28). The minimum absolute atomic E-state index is 0.00876. The molecule has 0 radical (unpaired) electrons.